The number of nitrogens with one attached hydrogen (secondary N) is 1. The Hall–Kier alpha value is -0.0800. The minimum Gasteiger partial charge on any atom is -0.314 e. The third-order valence-electron chi connectivity index (χ3n) is 5.58. The highest BCUT2D eigenvalue weighted by molar-refractivity contribution is 4.89. The molecule has 1 saturated carbocycles. The van der Waals surface area contributed by atoms with Crippen LogP contribution in [0.4, 0.5) is 0 Å². The maximum Gasteiger partial charge on any atom is 0.0108 e. The zero-order chi connectivity index (χ0) is 12.4. The average Bonchev–Trinajstić information content (AvgIpc) is 2.93. The van der Waals surface area contributed by atoms with E-state index in [-0.39, 0.29) is 0 Å². The SMILES string of the molecule is CC1CCCC(N2CCCC(C3CCCN3)C2)C1. The van der Waals surface area contributed by atoms with E-state index in [1.54, 1.807) is 0 Å². The molecule has 0 spiro atoms. The third-order valence-corrected chi connectivity index (χ3v) is 5.58. The molecule has 0 amide bonds. The lowest BCUT2D eigenvalue weighted by atomic mass is 9.83. The van der Waals surface area contributed by atoms with Crippen LogP contribution in [0.1, 0.15) is 58.3 Å². The summed E-state index contributed by atoms with van der Waals surface area (Å²) in [6, 6.07) is 1.76. The van der Waals surface area contributed by atoms with Gasteiger partial charge in [-0.1, -0.05) is 19.8 Å². The molecular weight excluding hydrogens is 220 g/mol. The van der Waals surface area contributed by atoms with Gasteiger partial charge in [-0.2, -0.15) is 0 Å². The van der Waals surface area contributed by atoms with Gasteiger partial charge in [-0.05, 0) is 63.5 Å². The lowest BCUT2D eigenvalue weighted by Gasteiger charge is -2.42. The molecule has 0 aromatic heterocycles. The van der Waals surface area contributed by atoms with Gasteiger partial charge in [-0.15, -0.1) is 0 Å². The summed E-state index contributed by atoms with van der Waals surface area (Å²) in [6.07, 6.45) is 11.6. The molecule has 4 unspecified atom stereocenters. The number of piperidine rings is 1. The van der Waals surface area contributed by atoms with Crippen molar-refractivity contribution in [2.75, 3.05) is 19.6 Å². The van der Waals surface area contributed by atoms with Crippen molar-refractivity contribution in [3.8, 4) is 0 Å². The molecule has 1 N–H and O–H groups in total. The first-order valence-corrected chi connectivity index (χ1v) is 8.30. The van der Waals surface area contributed by atoms with E-state index in [9.17, 15) is 0 Å². The van der Waals surface area contributed by atoms with Gasteiger partial charge < -0.3 is 10.2 Å². The molecule has 0 aromatic rings. The lowest BCUT2D eigenvalue weighted by molar-refractivity contribution is 0.0749. The van der Waals surface area contributed by atoms with E-state index in [1.807, 2.05) is 0 Å². The summed E-state index contributed by atoms with van der Waals surface area (Å²) < 4.78 is 0. The summed E-state index contributed by atoms with van der Waals surface area (Å²) in [6.45, 7) is 6.48. The molecule has 0 radical (unpaired) electrons. The van der Waals surface area contributed by atoms with E-state index in [4.69, 9.17) is 0 Å². The van der Waals surface area contributed by atoms with E-state index in [0.717, 1.165) is 23.9 Å². The minimum absolute atomic E-state index is 0.841. The number of likely N-dealkylation sites (tertiary alicyclic amines) is 1. The van der Waals surface area contributed by atoms with E-state index in [1.165, 1.54) is 71.0 Å². The fourth-order valence-electron chi connectivity index (χ4n) is 4.55. The molecule has 1 aliphatic carbocycles. The number of nitrogens with zero attached hydrogens (tertiary/aromatic N) is 1. The van der Waals surface area contributed by atoms with Crippen molar-refractivity contribution in [3.05, 3.63) is 0 Å². The molecule has 3 aliphatic rings. The van der Waals surface area contributed by atoms with Gasteiger partial charge in [0.15, 0.2) is 0 Å². The van der Waals surface area contributed by atoms with Gasteiger partial charge >= 0.3 is 0 Å². The molecule has 2 heterocycles. The molecule has 3 fully saturated rings. The monoisotopic (exact) mass is 250 g/mol. The average molecular weight is 250 g/mol. The molecule has 2 heteroatoms. The number of rotatable bonds is 2. The van der Waals surface area contributed by atoms with Crippen molar-refractivity contribution in [1.82, 2.24) is 10.2 Å². The van der Waals surface area contributed by atoms with Crippen LogP contribution in [0.2, 0.25) is 0 Å². The maximum absolute atomic E-state index is 3.73. The van der Waals surface area contributed by atoms with Crippen LogP contribution in [-0.2, 0) is 0 Å². The smallest absolute Gasteiger partial charge is 0.0108 e. The highest BCUT2D eigenvalue weighted by Gasteiger charge is 2.33. The summed E-state index contributed by atoms with van der Waals surface area (Å²) in [4.78, 5) is 2.85. The molecule has 0 bridgehead atoms. The zero-order valence-corrected chi connectivity index (χ0v) is 12.0. The molecule has 2 aliphatic heterocycles. The van der Waals surface area contributed by atoms with Crippen molar-refractivity contribution >= 4 is 0 Å². The second-order valence-corrected chi connectivity index (χ2v) is 7.03. The van der Waals surface area contributed by atoms with Gasteiger partial charge in [0, 0.05) is 18.6 Å². The Bertz CT molecular complexity index is 260. The molecule has 4 atom stereocenters. The lowest BCUT2D eigenvalue weighted by Crippen LogP contribution is -2.48. The minimum atomic E-state index is 0.841. The van der Waals surface area contributed by atoms with Crippen molar-refractivity contribution in [3.63, 3.8) is 0 Å². The Labute approximate surface area is 113 Å². The molecule has 0 aromatic carbocycles. The molecule has 104 valence electrons. The zero-order valence-electron chi connectivity index (χ0n) is 12.0. The van der Waals surface area contributed by atoms with E-state index < -0.39 is 0 Å². The highest BCUT2D eigenvalue weighted by atomic mass is 15.2. The van der Waals surface area contributed by atoms with Crippen molar-refractivity contribution in [2.45, 2.75) is 70.4 Å². The standard InChI is InChI=1S/C16H30N2/c1-13-5-2-7-15(11-13)18-10-4-6-14(12-18)16-8-3-9-17-16/h13-17H,2-12H2,1H3. The first-order valence-electron chi connectivity index (χ1n) is 8.30. The highest BCUT2D eigenvalue weighted by Crippen LogP contribution is 2.32. The quantitative estimate of drug-likeness (QED) is 0.810. The second kappa shape index (κ2) is 5.92. The van der Waals surface area contributed by atoms with Crippen LogP contribution >= 0.6 is 0 Å². The first kappa shape index (κ1) is 12.9. The van der Waals surface area contributed by atoms with Crippen LogP contribution in [0.3, 0.4) is 0 Å². The van der Waals surface area contributed by atoms with Crippen molar-refractivity contribution < 1.29 is 0 Å². The van der Waals surface area contributed by atoms with Crippen molar-refractivity contribution in [1.29, 1.82) is 0 Å². The van der Waals surface area contributed by atoms with Crippen molar-refractivity contribution in [2.24, 2.45) is 11.8 Å². The van der Waals surface area contributed by atoms with Crippen LogP contribution in [-0.4, -0.2) is 36.6 Å². The topological polar surface area (TPSA) is 15.3 Å². The van der Waals surface area contributed by atoms with Gasteiger partial charge in [0.25, 0.3) is 0 Å². The third kappa shape index (κ3) is 2.91. The van der Waals surface area contributed by atoms with Crippen LogP contribution in [0.5, 0.6) is 0 Å². The normalized spacial score (nSPS) is 43.2. The fraction of sp³-hybridized carbons (Fsp3) is 1.00. The van der Waals surface area contributed by atoms with Crippen LogP contribution in [0.15, 0.2) is 0 Å². The Morgan fingerprint density at radius 3 is 2.72 bits per heavy atom. The molecule has 2 nitrogen and oxygen atoms in total. The molecule has 18 heavy (non-hydrogen) atoms. The van der Waals surface area contributed by atoms with E-state index in [0.29, 0.717) is 0 Å². The second-order valence-electron chi connectivity index (χ2n) is 7.03. The summed E-state index contributed by atoms with van der Waals surface area (Å²) in [5, 5.41) is 3.73. The summed E-state index contributed by atoms with van der Waals surface area (Å²) in [5.41, 5.74) is 0. The van der Waals surface area contributed by atoms with Gasteiger partial charge in [-0.25, -0.2) is 0 Å². The summed E-state index contributed by atoms with van der Waals surface area (Å²) >= 11 is 0. The van der Waals surface area contributed by atoms with E-state index >= 15 is 0 Å². The van der Waals surface area contributed by atoms with Gasteiger partial charge in [-0.3, -0.25) is 0 Å². The predicted molar refractivity (Wildman–Crippen MR) is 76.7 cm³/mol. The van der Waals surface area contributed by atoms with Crippen LogP contribution < -0.4 is 5.32 Å². The fourth-order valence-corrected chi connectivity index (χ4v) is 4.55. The van der Waals surface area contributed by atoms with Gasteiger partial charge in [0.05, 0.1) is 0 Å². The largest absolute Gasteiger partial charge is 0.314 e. The van der Waals surface area contributed by atoms with Crippen LogP contribution in [0, 0.1) is 11.8 Å². The van der Waals surface area contributed by atoms with Crippen LogP contribution in [0.25, 0.3) is 0 Å². The van der Waals surface area contributed by atoms with Gasteiger partial charge in [0.1, 0.15) is 0 Å². The number of hydrogen-bond donors (Lipinski definition) is 1. The Morgan fingerprint density at radius 1 is 1.00 bits per heavy atom. The number of hydrogen-bond acceptors (Lipinski definition) is 2. The van der Waals surface area contributed by atoms with Gasteiger partial charge in [0.2, 0.25) is 0 Å². The Kier molecular flexibility index (Phi) is 4.25. The Morgan fingerprint density at radius 2 is 1.94 bits per heavy atom. The molecule has 3 rings (SSSR count). The molecular formula is C16H30N2. The predicted octanol–water partition coefficient (Wildman–Crippen LogP) is 3.03. The Balaban J connectivity index is 1.55. The maximum atomic E-state index is 3.73. The van der Waals surface area contributed by atoms with E-state index in [2.05, 4.69) is 17.1 Å². The summed E-state index contributed by atoms with van der Waals surface area (Å²) in [7, 11) is 0. The first-order chi connectivity index (χ1) is 8.83. The molecule has 2 saturated heterocycles. The summed E-state index contributed by atoms with van der Waals surface area (Å²) in [5.74, 6) is 1.91.